The maximum absolute atomic E-state index is 13.6. The Morgan fingerprint density at radius 1 is 0.881 bits per heavy atom. The van der Waals surface area contributed by atoms with Gasteiger partial charge in [0.05, 0.1) is 0 Å². The molecule has 8 rings (SSSR count). The SMILES string of the molecule is CN(CCN(C)S(=O)(=O)N1CCC(Nc2ncc3ccc(=O)n(C4CCCC4)c3n2)CC1)Cc1ccc(N(C)c2cccc3c2CN(C2CCC(=O)NC2=O)C3=O)cc1. The van der Waals surface area contributed by atoms with Crippen LogP contribution in [-0.4, -0.2) is 118 Å². The van der Waals surface area contributed by atoms with Crippen LogP contribution >= 0.6 is 0 Å². The van der Waals surface area contributed by atoms with Crippen LogP contribution in [-0.2, 0) is 32.9 Å². The molecule has 2 saturated heterocycles. The molecule has 1 aliphatic carbocycles. The van der Waals surface area contributed by atoms with Gasteiger partial charge in [0, 0.05) is 112 Å². The molecular formula is C42H52N10O6S. The largest absolute Gasteiger partial charge is 0.351 e. The Morgan fingerprint density at radius 3 is 2.36 bits per heavy atom. The molecule has 4 aromatic rings. The lowest BCUT2D eigenvalue weighted by atomic mass is 10.0. The van der Waals surface area contributed by atoms with E-state index in [1.54, 1.807) is 40.6 Å². The number of likely N-dealkylation sites (N-methyl/N-ethyl adjacent to an activating group) is 2. The number of nitrogens with zero attached hydrogens (tertiary/aromatic N) is 8. The quantitative estimate of drug-likeness (QED) is 0.189. The number of nitrogens with one attached hydrogen (secondary N) is 2. The lowest BCUT2D eigenvalue weighted by Crippen LogP contribution is -2.52. The van der Waals surface area contributed by atoms with Crippen molar-refractivity contribution in [3.05, 3.63) is 87.8 Å². The van der Waals surface area contributed by atoms with Crippen LogP contribution in [0.25, 0.3) is 11.0 Å². The fourth-order valence-electron chi connectivity index (χ4n) is 8.90. The topological polar surface area (TPSA) is 173 Å². The van der Waals surface area contributed by atoms with Crippen molar-refractivity contribution in [3.63, 3.8) is 0 Å². The van der Waals surface area contributed by atoms with Crippen LogP contribution in [0.4, 0.5) is 17.3 Å². The molecule has 5 heterocycles. The van der Waals surface area contributed by atoms with Gasteiger partial charge >= 0.3 is 0 Å². The second-order valence-corrected chi connectivity index (χ2v) is 18.3. The molecule has 59 heavy (non-hydrogen) atoms. The van der Waals surface area contributed by atoms with Gasteiger partial charge in [-0.3, -0.25) is 29.1 Å². The Kier molecular flexibility index (Phi) is 11.5. The molecule has 1 atom stereocenters. The van der Waals surface area contributed by atoms with E-state index in [4.69, 9.17) is 4.98 Å². The summed E-state index contributed by atoms with van der Waals surface area (Å²) in [5.74, 6) is -0.500. The van der Waals surface area contributed by atoms with E-state index in [9.17, 15) is 27.6 Å². The first-order valence-corrected chi connectivity index (χ1v) is 21.9. The number of amides is 3. The molecule has 0 radical (unpaired) electrons. The monoisotopic (exact) mass is 824 g/mol. The minimum Gasteiger partial charge on any atom is -0.351 e. The third-order valence-corrected chi connectivity index (χ3v) is 14.3. The fourth-order valence-corrected chi connectivity index (χ4v) is 10.3. The second-order valence-electron chi connectivity index (χ2n) is 16.3. The average Bonchev–Trinajstić information content (AvgIpc) is 3.88. The van der Waals surface area contributed by atoms with Crippen molar-refractivity contribution in [1.82, 2.24) is 38.3 Å². The minimum absolute atomic E-state index is 0.00457. The summed E-state index contributed by atoms with van der Waals surface area (Å²) >= 11 is 0. The highest BCUT2D eigenvalue weighted by molar-refractivity contribution is 7.86. The van der Waals surface area contributed by atoms with E-state index < -0.39 is 22.2 Å². The number of fused-ring (bicyclic) bond motifs is 2. The van der Waals surface area contributed by atoms with Gasteiger partial charge in [-0.15, -0.1) is 0 Å². The summed E-state index contributed by atoms with van der Waals surface area (Å²) in [6, 6.07) is 16.6. The molecule has 3 aliphatic heterocycles. The predicted octanol–water partition coefficient (Wildman–Crippen LogP) is 3.62. The summed E-state index contributed by atoms with van der Waals surface area (Å²) in [7, 11) is 1.88. The Hall–Kier alpha value is -5.23. The van der Waals surface area contributed by atoms with Gasteiger partial charge < -0.3 is 20.0 Å². The van der Waals surface area contributed by atoms with Crippen LogP contribution in [0.2, 0.25) is 0 Å². The average molecular weight is 825 g/mol. The molecule has 312 valence electrons. The molecule has 16 nitrogen and oxygen atoms in total. The normalized spacial score (nSPS) is 19.6. The first-order chi connectivity index (χ1) is 28.4. The van der Waals surface area contributed by atoms with Crippen molar-refractivity contribution in [1.29, 1.82) is 0 Å². The van der Waals surface area contributed by atoms with E-state index in [1.807, 2.05) is 60.0 Å². The lowest BCUT2D eigenvalue weighted by Gasteiger charge is -2.34. The lowest BCUT2D eigenvalue weighted by molar-refractivity contribution is -0.136. The third kappa shape index (κ3) is 8.33. The van der Waals surface area contributed by atoms with Crippen LogP contribution in [0, 0.1) is 0 Å². The van der Waals surface area contributed by atoms with Crippen LogP contribution in [0.15, 0.2) is 65.6 Å². The van der Waals surface area contributed by atoms with Crippen LogP contribution in [0.5, 0.6) is 0 Å². The van der Waals surface area contributed by atoms with Gasteiger partial charge in [0.2, 0.25) is 17.8 Å². The van der Waals surface area contributed by atoms with E-state index in [-0.39, 0.29) is 42.4 Å². The molecule has 0 spiro atoms. The van der Waals surface area contributed by atoms with Crippen molar-refractivity contribution in [3.8, 4) is 0 Å². The second kappa shape index (κ2) is 16.8. The van der Waals surface area contributed by atoms with Crippen molar-refractivity contribution in [2.45, 2.75) is 82.6 Å². The predicted molar refractivity (Wildman–Crippen MR) is 224 cm³/mol. The van der Waals surface area contributed by atoms with E-state index >= 15 is 0 Å². The Bertz CT molecular complexity index is 2410. The van der Waals surface area contributed by atoms with Gasteiger partial charge in [0.15, 0.2) is 0 Å². The zero-order valence-electron chi connectivity index (χ0n) is 33.8. The smallest absolute Gasteiger partial charge is 0.281 e. The molecule has 1 unspecified atom stereocenters. The fraction of sp³-hybridized carbons (Fsp3) is 0.476. The summed E-state index contributed by atoms with van der Waals surface area (Å²) < 4.78 is 32.0. The number of carbonyl (C=O) groups excluding carboxylic acids is 3. The number of imide groups is 1. The Balaban J connectivity index is 0.817. The number of aromatic nitrogens is 3. The van der Waals surface area contributed by atoms with Crippen molar-refractivity contribution in [2.75, 3.05) is 57.5 Å². The van der Waals surface area contributed by atoms with E-state index in [1.165, 1.54) is 4.31 Å². The van der Waals surface area contributed by atoms with Crippen molar-refractivity contribution in [2.24, 2.45) is 0 Å². The summed E-state index contributed by atoms with van der Waals surface area (Å²) in [5.41, 5.74) is 4.87. The van der Waals surface area contributed by atoms with Crippen LogP contribution < -0.4 is 21.1 Å². The summed E-state index contributed by atoms with van der Waals surface area (Å²) in [4.78, 5) is 65.4. The number of pyridine rings is 1. The molecule has 2 aromatic heterocycles. The van der Waals surface area contributed by atoms with E-state index in [0.29, 0.717) is 69.1 Å². The van der Waals surface area contributed by atoms with Gasteiger partial charge in [0.25, 0.3) is 21.7 Å². The molecule has 3 fully saturated rings. The molecule has 1 saturated carbocycles. The first kappa shape index (κ1) is 40.5. The van der Waals surface area contributed by atoms with Gasteiger partial charge in [-0.1, -0.05) is 31.0 Å². The highest BCUT2D eigenvalue weighted by Gasteiger charge is 2.40. The van der Waals surface area contributed by atoms with Crippen LogP contribution in [0.3, 0.4) is 0 Å². The highest BCUT2D eigenvalue weighted by Crippen LogP contribution is 2.36. The number of hydrogen-bond acceptors (Lipinski definition) is 11. The minimum atomic E-state index is -3.66. The highest BCUT2D eigenvalue weighted by atomic mass is 32.2. The van der Waals surface area contributed by atoms with E-state index in [0.717, 1.165) is 53.6 Å². The van der Waals surface area contributed by atoms with Crippen LogP contribution in [0.1, 0.15) is 78.9 Å². The third-order valence-electron chi connectivity index (χ3n) is 12.4. The van der Waals surface area contributed by atoms with Gasteiger partial charge in [-0.25, -0.2) is 4.98 Å². The molecule has 17 heteroatoms. The zero-order valence-corrected chi connectivity index (χ0v) is 34.7. The first-order valence-electron chi connectivity index (χ1n) is 20.5. The number of anilines is 3. The van der Waals surface area contributed by atoms with Crippen molar-refractivity contribution < 1.29 is 22.8 Å². The summed E-state index contributed by atoms with van der Waals surface area (Å²) in [5, 5.41) is 6.59. The molecule has 2 N–H and O–H groups in total. The number of piperidine rings is 2. The van der Waals surface area contributed by atoms with E-state index in [2.05, 4.69) is 20.5 Å². The Morgan fingerprint density at radius 2 is 1.63 bits per heavy atom. The number of rotatable bonds is 13. The Labute approximate surface area is 344 Å². The number of hydrogen-bond donors (Lipinski definition) is 2. The van der Waals surface area contributed by atoms with Gasteiger partial charge in [-0.2, -0.15) is 22.0 Å². The molecule has 4 aliphatic rings. The molecule has 2 aromatic carbocycles. The zero-order chi connectivity index (χ0) is 41.4. The van der Waals surface area contributed by atoms with Crippen molar-refractivity contribution >= 4 is 56.3 Å². The molecular weight excluding hydrogens is 773 g/mol. The summed E-state index contributed by atoms with van der Waals surface area (Å²) in [6.45, 7) is 2.53. The number of carbonyl (C=O) groups is 3. The van der Waals surface area contributed by atoms with Gasteiger partial charge in [-0.05, 0) is 75.0 Å². The summed E-state index contributed by atoms with van der Waals surface area (Å²) in [6.07, 6.45) is 7.63. The number of benzene rings is 2. The molecule has 0 bridgehead atoms. The van der Waals surface area contributed by atoms with Gasteiger partial charge in [0.1, 0.15) is 11.7 Å². The maximum atomic E-state index is 13.6. The maximum Gasteiger partial charge on any atom is 0.281 e. The standard InChI is InChI=1S/C42H52N10O6S/c1-47(26-28-11-14-31(15-12-28)49(3)35-10-6-9-33-34(35)27-51(41(33)56)36-16-17-37(53)45-40(36)55)23-24-48(2)59(57,58)50-21-19-30(20-22-50)44-42-43-25-29-13-18-38(54)52(39(29)46-42)32-7-4-5-8-32/h6,9-15,18,25,30,32,36H,4-5,7-8,16-17,19-24,26-27H2,1-3H3,(H,43,44,46)(H,45,53,55). The molecule has 3 amide bonds.